The van der Waals surface area contributed by atoms with Crippen LogP contribution in [0.5, 0.6) is 11.5 Å². The van der Waals surface area contributed by atoms with Crippen LogP contribution in [0.3, 0.4) is 0 Å². The van der Waals surface area contributed by atoms with Gasteiger partial charge in [-0.25, -0.2) is 4.99 Å². The number of nitrogens with two attached hydrogens (primary N) is 1. The highest BCUT2D eigenvalue weighted by Gasteiger charge is 2.47. The van der Waals surface area contributed by atoms with Crippen molar-refractivity contribution in [3.05, 3.63) is 83.2 Å². The van der Waals surface area contributed by atoms with E-state index in [9.17, 15) is 5.26 Å². The molecule has 0 saturated carbocycles. The third-order valence-corrected chi connectivity index (χ3v) is 6.33. The van der Waals surface area contributed by atoms with Gasteiger partial charge in [-0.05, 0) is 53.5 Å². The molecule has 1 atom stereocenters. The van der Waals surface area contributed by atoms with Gasteiger partial charge in [-0.15, -0.1) is 0 Å². The van der Waals surface area contributed by atoms with Crippen LogP contribution in [0.2, 0.25) is 0 Å². The zero-order valence-corrected chi connectivity index (χ0v) is 17.7. The molecule has 0 amide bonds. The van der Waals surface area contributed by atoms with E-state index in [-0.39, 0.29) is 12.6 Å². The molecule has 0 fully saturated rings. The van der Waals surface area contributed by atoms with Gasteiger partial charge in [0, 0.05) is 29.1 Å². The molecule has 2 N–H and O–H groups in total. The number of hydrogen-bond donors (Lipinski definition) is 1. The highest BCUT2D eigenvalue weighted by atomic mass is 16.5. The summed E-state index contributed by atoms with van der Waals surface area (Å²) >= 11 is 0. The van der Waals surface area contributed by atoms with Crippen molar-refractivity contribution in [1.29, 1.82) is 5.26 Å². The van der Waals surface area contributed by atoms with E-state index in [1.807, 2.05) is 30.3 Å². The molecule has 4 heterocycles. The Morgan fingerprint density at radius 3 is 2.45 bits per heavy atom. The van der Waals surface area contributed by atoms with Gasteiger partial charge in [0.15, 0.2) is 5.54 Å². The minimum absolute atomic E-state index is 0.156. The van der Waals surface area contributed by atoms with Gasteiger partial charge in [-0.2, -0.15) is 5.26 Å². The van der Waals surface area contributed by atoms with Crippen LogP contribution in [0.15, 0.2) is 65.9 Å². The lowest BCUT2D eigenvalue weighted by Gasteiger charge is -2.34. The molecule has 0 saturated heterocycles. The molecular formula is C26H20N4O3. The molecule has 3 aromatic rings. The van der Waals surface area contributed by atoms with Crippen molar-refractivity contribution in [2.24, 2.45) is 10.7 Å². The molecule has 3 aliphatic heterocycles. The average Bonchev–Trinajstić information content (AvgIpc) is 3.26. The minimum Gasteiger partial charge on any atom is -0.462 e. The fraction of sp³-hybridized carbons (Fsp3) is 0.192. The van der Waals surface area contributed by atoms with Crippen molar-refractivity contribution in [3.8, 4) is 28.7 Å². The molecular weight excluding hydrogens is 416 g/mol. The van der Waals surface area contributed by atoms with E-state index < -0.39 is 5.54 Å². The Bertz CT molecular complexity index is 1390. The SMILES string of the molecule is N#Cc1cncc(-c2ccc3c(c2)[C@@]2(COC(N)=N2)c2cc(C4=CCOCC4)ccc2O3)c1. The van der Waals surface area contributed by atoms with Crippen LogP contribution < -0.4 is 10.5 Å². The van der Waals surface area contributed by atoms with Crippen molar-refractivity contribution in [3.63, 3.8) is 0 Å². The van der Waals surface area contributed by atoms with Gasteiger partial charge in [-0.3, -0.25) is 4.98 Å². The highest BCUT2D eigenvalue weighted by molar-refractivity contribution is 5.79. The Labute approximate surface area is 190 Å². The Hall–Kier alpha value is -4.15. The van der Waals surface area contributed by atoms with Crippen molar-refractivity contribution in [2.45, 2.75) is 12.0 Å². The van der Waals surface area contributed by atoms with E-state index in [1.165, 1.54) is 5.57 Å². The topological polar surface area (TPSA) is 103 Å². The normalized spacial score (nSPS) is 20.6. The maximum absolute atomic E-state index is 9.27. The number of ether oxygens (including phenoxy) is 3. The van der Waals surface area contributed by atoms with E-state index >= 15 is 0 Å². The molecule has 6 rings (SSSR count). The first-order valence-electron chi connectivity index (χ1n) is 10.7. The maximum atomic E-state index is 9.27. The second-order valence-corrected chi connectivity index (χ2v) is 8.25. The monoisotopic (exact) mass is 436 g/mol. The second-order valence-electron chi connectivity index (χ2n) is 8.25. The van der Waals surface area contributed by atoms with Gasteiger partial charge in [0.25, 0.3) is 6.02 Å². The van der Waals surface area contributed by atoms with Gasteiger partial charge in [0.2, 0.25) is 0 Å². The van der Waals surface area contributed by atoms with Crippen LogP contribution in [0.4, 0.5) is 0 Å². The molecule has 7 heteroatoms. The molecule has 3 aliphatic rings. The van der Waals surface area contributed by atoms with Gasteiger partial charge < -0.3 is 19.9 Å². The number of pyridine rings is 1. The maximum Gasteiger partial charge on any atom is 0.283 e. The largest absolute Gasteiger partial charge is 0.462 e. The zero-order valence-electron chi connectivity index (χ0n) is 17.7. The van der Waals surface area contributed by atoms with Crippen molar-refractivity contribution >= 4 is 11.6 Å². The summed E-state index contributed by atoms with van der Waals surface area (Å²) < 4.78 is 17.5. The van der Waals surface area contributed by atoms with E-state index in [2.05, 4.69) is 29.3 Å². The molecule has 1 spiro atoms. The smallest absolute Gasteiger partial charge is 0.283 e. The molecule has 7 nitrogen and oxygen atoms in total. The number of amidine groups is 1. The van der Waals surface area contributed by atoms with Crippen LogP contribution in [0.25, 0.3) is 16.7 Å². The number of benzene rings is 2. The van der Waals surface area contributed by atoms with Gasteiger partial charge in [0.1, 0.15) is 24.2 Å². The summed E-state index contributed by atoms with van der Waals surface area (Å²) in [5.74, 6) is 1.44. The second kappa shape index (κ2) is 7.47. The Kier molecular flexibility index (Phi) is 4.42. The van der Waals surface area contributed by atoms with Gasteiger partial charge >= 0.3 is 0 Å². The summed E-state index contributed by atoms with van der Waals surface area (Å²) in [6.45, 7) is 1.61. The van der Waals surface area contributed by atoms with E-state index in [4.69, 9.17) is 24.9 Å². The molecule has 2 aromatic carbocycles. The molecule has 0 radical (unpaired) electrons. The lowest BCUT2D eigenvalue weighted by Crippen LogP contribution is -2.31. The van der Waals surface area contributed by atoms with Crippen LogP contribution >= 0.6 is 0 Å². The number of hydrogen-bond acceptors (Lipinski definition) is 7. The third kappa shape index (κ3) is 3.15. The Morgan fingerprint density at radius 1 is 0.970 bits per heavy atom. The quantitative estimate of drug-likeness (QED) is 0.648. The fourth-order valence-corrected chi connectivity index (χ4v) is 4.68. The summed E-state index contributed by atoms with van der Waals surface area (Å²) in [6, 6.07) is 16.2. The first kappa shape index (κ1) is 19.5. The van der Waals surface area contributed by atoms with Crippen LogP contribution in [-0.4, -0.2) is 30.8 Å². The minimum atomic E-state index is -0.814. The molecule has 0 aliphatic carbocycles. The fourth-order valence-electron chi connectivity index (χ4n) is 4.68. The summed E-state index contributed by atoms with van der Waals surface area (Å²) in [7, 11) is 0. The number of rotatable bonds is 2. The molecule has 0 bridgehead atoms. The number of aromatic nitrogens is 1. The molecule has 162 valence electrons. The zero-order chi connectivity index (χ0) is 22.4. The number of fused-ring (bicyclic) bond motifs is 4. The van der Waals surface area contributed by atoms with Crippen LogP contribution in [0.1, 0.15) is 28.7 Å². The van der Waals surface area contributed by atoms with Gasteiger partial charge in [-0.1, -0.05) is 18.2 Å². The summed E-state index contributed by atoms with van der Waals surface area (Å²) in [6.07, 6.45) is 6.26. The van der Waals surface area contributed by atoms with Crippen molar-refractivity contribution in [1.82, 2.24) is 4.98 Å². The molecule has 33 heavy (non-hydrogen) atoms. The van der Waals surface area contributed by atoms with E-state index in [0.717, 1.165) is 40.0 Å². The highest BCUT2D eigenvalue weighted by Crippen LogP contribution is 2.52. The predicted octanol–water partition coefficient (Wildman–Crippen LogP) is 4.12. The van der Waals surface area contributed by atoms with E-state index in [1.54, 1.807) is 12.4 Å². The summed E-state index contributed by atoms with van der Waals surface area (Å²) in [5, 5.41) is 9.27. The Balaban J connectivity index is 1.52. The van der Waals surface area contributed by atoms with Gasteiger partial charge in [0.05, 0.1) is 18.8 Å². The van der Waals surface area contributed by atoms with E-state index in [0.29, 0.717) is 24.5 Å². The Morgan fingerprint density at radius 2 is 1.76 bits per heavy atom. The standard InChI is InChI=1S/C26H20N4O3/c27-12-16-9-20(14-29-13-16)19-2-4-24-22(11-19)26(15-32-25(28)30-26)21-10-18(1-3-23(21)33-24)17-5-7-31-8-6-17/h1-5,9-11,13-14H,6-8,15H2,(H2,28,30)/t26-/m1/s1. The molecule has 0 unspecified atom stereocenters. The predicted molar refractivity (Wildman–Crippen MR) is 123 cm³/mol. The summed E-state index contributed by atoms with van der Waals surface area (Å²) in [4.78, 5) is 9.00. The first-order chi connectivity index (χ1) is 16.2. The first-order valence-corrected chi connectivity index (χ1v) is 10.7. The lowest BCUT2D eigenvalue weighted by atomic mass is 9.79. The lowest BCUT2D eigenvalue weighted by molar-refractivity contribution is 0.161. The molecule has 1 aromatic heterocycles. The van der Waals surface area contributed by atoms with Crippen molar-refractivity contribution in [2.75, 3.05) is 19.8 Å². The number of aliphatic imine (C=N–C) groups is 1. The average molecular weight is 436 g/mol. The summed E-state index contributed by atoms with van der Waals surface area (Å²) in [5.41, 5.74) is 11.6. The number of nitrogens with zero attached hydrogens (tertiary/aromatic N) is 3. The number of nitriles is 1. The van der Waals surface area contributed by atoms with Crippen LogP contribution in [-0.2, 0) is 15.0 Å². The van der Waals surface area contributed by atoms with Crippen molar-refractivity contribution < 1.29 is 14.2 Å². The van der Waals surface area contributed by atoms with Crippen LogP contribution in [0, 0.1) is 11.3 Å². The third-order valence-electron chi connectivity index (χ3n) is 6.33.